The van der Waals surface area contributed by atoms with Gasteiger partial charge in [-0.05, 0) is 185 Å². The molecule has 5 nitrogen and oxygen atoms in total. The second-order valence-electron chi connectivity index (χ2n) is 22.6. The minimum Gasteiger partial charge on any atom is -0.356 e. The zero-order valence-corrected chi connectivity index (χ0v) is 47.7. The van der Waals surface area contributed by atoms with Crippen molar-refractivity contribution in [1.82, 2.24) is 15.0 Å². The third-order valence-electron chi connectivity index (χ3n) is 17.4. The summed E-state index contributed by atoms with van der Waals surface area (Å²) < 4.78 is 0. The van der Waals surface area contributed by atoms with E-state index >= 15 is 0 Å². The first kappa shape index (κ1) is 51.8. The number of nitrogens with one attached hydrogen (secondary N) is 1. The summed E-state index contributed by atoms with van der Waals surface area (Å²) in [5.41, 5.74) is 26.9. The fourth-order valence-electron chi connectivity index (χ4n) is 13.1. The van der Waals surface area contributed by atoms with Crippen molar-refractivity contribution in [3.63, 3.8) is 0 Å². The van der Waals surface area contributed by atoms with E-state index in [-0.39, 0.29) is 0 Å². The van der Waals surface area contributed by atoms with Crippen molar-refractivity contribution in [1.29, 1.82) is 0 Å². The molecule has 1 heterocycles. The largest absolute Gasteiger partial charge is 0.356 e. The molecule has 0 fully saturated rings. The summed E-state index contributed by atoms with van der Waals surface area (Å²) in [4.78, 5) is 17.9. The van der Waals surface area contributed by atoms with Crippen LogP contribution in [-0.4, -0.2) is 15.0 Å². The Morgan fingerprint density at radius 3 is 1.34 bits per heavy atom. The van der Waals surface area contributed by atoms with Crippen molar-refractivity contribution in [2.24, 2.45) is 5.92 Å². The van der Waals surface area contributed by atoms with Gasteiger partial charge in [0, 0.05) is 33.9 Å². The molecule has 1 unspecified atom stereocenters. The van der Waals surface area contributed by atoms with Gasteiger partial charge >= 0.3 is 0 Å². The molecule has 86 heavy (non-hydrogen) atoms. The molecule has 1 spiro atoms. The zero-order valence-electron chi connectivity index (χ0n) is 47.7. The summed E-state index contributed by atoms with van der Waals surface area (Å²) in [6.07, 6.45) is 11.4. The number of nitrogens with zero attached hydrogens (tertiary/aromatic N) is 4. The lowest BCUT2D eigenvalue weighted by Crippen LogP contribution is -2.25. The molecule has 11 aromatic carbocycles. The molecule has 3 aliphatic rings. The molecule has 0 radical (unpaired) electrons. The van der Waals surface area contributed by atoms with E-state index in [9.17, 15) is 0 Å². The van der Waals surface area contributed by atoms with Crippen LogP contribution in [0.5, 0.6) is 0 Å². The molecule has 0 aliphatic heterocycles. The van der Waals surface area contributed by atoms with E-state index in [1.807, 2.05) is 30.4 Å². The summed E-state index contributed by atoms with van der Waals surface area (Å²) in [5, 5.41) is 3.64. The molecular weight excluding hydrogens is 1040 g/mol. The fraction of sp³-hybridized carbons (Fsp3) is 0.0494. The van der Waals surface area contributed by atoms with Gasteiger partial charge in [-0.25, -0.2) is 4.98 Å². The van der Waals surface area contributed by atoms with Gasteiger partial charge in [0.25, 0.3) is 0 Å². The molecule has 15 rings (SSSR count). The molecule has 12 aromatic rings. The van der Waals surface area contributed by atoms with Crippen LogP contribution in [0.25, 0.3) is 95.9 Å². The average Bonchev–Trinajstić information content (AvgIpc) is 1.62. The van der Waals surface area contributed by atoms with Gasteiger partial charge in [0.05, 0.1) is 5.41 Å². The Balaban J connectivity index is 0.814. The van der Waals surface area contributed by atoms with E-state index in [0.717, 1.165) is 79.3 Å². The molecule has 5 heteroatoms. The Kier molecular flexibility index (Phi) is 13.0. The summed E-state index contributed by atoms with van der Waals surface area (Å²) in [6, 6.07) is 94.4. The van der Waals surface area contributed by atoms with Crippen LogP contribution < -0.4 is 10.2 Å². The van der Waals surface area contributed by atoms with Crippen LogP contribution in [0.2, 0.25) is 0 Å². The molecule has 0 bridgehead atoms. The first-order valence-electron chi connectivity index (χ1n) is 29.5. The monoisotopic (exact) mass is 1100 g/mol. The number of anilines is 5. The zero-order chi connectivity index (χ0) is 57.7. The average molecular weight is 1100 g/mol. The second-order valence-corrected chi connectivity index (χ2v) is 22.6. The number of rotatable bonds is 13. The molecule has 3 aliphatic carbocycles. The minimum atomic E-state index is -0.482. The number of fused-ring (bicyclic) bond motifs is 10. The van der Waals surface area contributed by atoms with Gasteiger partial charge in [-0.3, -0.25) is 4.90 Å². The molecule has 1 aromatic heterocycles. The normalized spacial score (nSPS) is 13.9. The van der Waals surface area contributed by atoms with Crippen LogP contribution >= 0.6 is 0 Å². The highest BCUT2D eigenvalue weighted by Gasteiger charge is 2.51. The summed E-state index contributed by atoms with van der Waals surface area (Å²) in [5.74, 6) is 2.15. The van der Waals surface area contributed by atoms with Gasteiger partial charge in [0.15, 0.2) is 11.6 Å². The Hall–Kier alpha value is -11.0. The van der Waals surface area contributed by atoms with Gasteiger partial charge in [-0.15, -0.1) is 0 Å². The van der Waals surface area contributed by atoms with Gasteiger partial charge < -0.3 is 5.32 Å². The maximum Gasteiger partial charge on any atom is 0.238 e. The number of aromatic nitrogens is 3. The predicted molar refractivity (Wildman–Crippen MR) is 359 cm³/mol. The standard InChI is InChI=1S/C81H59N5/c1-4-54-17-14-21-61(49-54)56-28-38-66(39-29-56)82-67-40-30-57(31-41-67)63-36-46-76-72(51-63)73-52-64(37-47-77(73)81(76)74-26-11-9-24-70(74)71-25-10-12-27-75(71)81)59-34-44-69(45-35-59)86(68-42-32-58(33-43-68)62-22-15-18-55(5-2)50-62)80-84-78(60-19-7-6-8-20-60)83-79(85-80)65-23-13-16-53(3)48-65/h4-15,17-53,82H,1-2,16H2,3H3. The number of allylic oxidation sites excluding steroid dienone is 4. The highest BCUT2D eigenvalue weighted by atomic mass is 15.3. The molecule has 1 N–H and O–H groups in total. The third-order valence-corrected chi connectivity index (χ3v) is 17.4. The third kappa shape index (κ3) is 9.18. The van der Waals surface area contributed by atoms with Crippen LogP contribution in [0.1, 0.15) is 52.5 Å². The first-order chi connectivity index (χ1) is 42.4. The van der Waals surface area contributed by atoms with Gasteiger partial charge in [-0.2, -0.15) is 9.97 Å². The first-order valence-corrected chi connectivity index (χ1v) is 29.5. The van der Waals surface area contributed by atoms with Crippen molar-refractivity contribution in [3.05, 3.63) is 331 Å². The number of hydrogen-bond donors (Lipinski definition) is 1. The molecule has 0 amide bonds. The second kappa shape index (κ2) is 21.6. The van der Waals surface area contributed by atoms with Crippen LogP contribution in [0.15, 0.2) is 292 Å². The maximum absolute atomic E-state index is 5.31. The number of benzene rings is 11. The quantitative estimate of drug-likeness (QED) is 0.125. The van der Waals surface area contributed by atoms with Crippen LogP contribution in [0.3, 0.4) is 0 Å². The van der Waals surface area contributed by atoms with E-state index in [1.165, 1.54) is 61.2 Å². The van der Waals surface area contributed by atoms with Crippen molar-refractivity contribution >= 4 is 46.4 Å². The molecule has 0 saturated heterocycles. The molecular formula is C81H59N5. The molecule has 1 atom stereocenters. The van der Waals surface area contributed by atoms with Crippen LogP contribution in [0.4, 0.5) is 28.7 Å². The topological polar surface area (TPSA) is 53.9 Å². The SMILES string of the molecule is C=Cc1cccc(-c2ccc(Nc3ccc(-c4ccc5c(c4)-c4cc(-c6ccc(N(c7ccc(-c8cccc(C=C)c8)cc7)c7nc(C8=CC(C)CC=C8)nc(-c8ccccc8)n7)cc6)ccc4C54c5ccccc5-c5ccccc54)cc3)cc2)c1. The van der Waals surface area contributed by atoms with Gasteiger partial charge in [-0.1, -0.05) is 239 Å². The summed E-state index contributed by atoms with van der Waals surface area (Å²) >= 11 is 0. The Morgan fingerprint density at radius 1 is 0.407 bits per heavy atom. The van der Waals surface area contributed by atoms with Crippen molar-refractivity contribution in [3.8, 4) is 78.1 Å². The van der Waals surface area contributed by atoms with E-state index in [4.69, 9.17) is 15.0 Å². The van der Waals surface area contributed by atoms with E-state index in [2.05, 4.69) is 291 Å². The van der Waals surface area contributed by atoms with Crippen molar-refractivity contribution in [2.45, 2.75) is 18.8 Å². The lowest BCUT2D eigenvalue weighted by atomic mass is 9.70. The van der Waals surface area contributed by atoms with Crippen LogP contribution in [0, 0.1) is 5.92 Å². The predicted octanol–water partition coefficient (Wildman–Crippen LogP) is 21.0. The van der Waals surface area contributed by atoms with E-state index < -0.39 is 5.41 Å². The highest BCUT2D eigenvalue weighted by Crippen LogP contribution is 2.63. The van der Waals surface area contributed by atoms with Crippen LogP contribution in [-0.2, 0) is 5.41 Å². The van der Waals surface area contributed by atoms with Gasteiger partial charge in [0.1, 0.15) is 0 Å². The fourth-order valence-corrected chi connectivity index (χ4v) is 13.1. The van der Waals surface area contributed by atoms with Gasteiger partial charge in [0.2, 0.25) is 5.95 Å². The van der Waals surface area contributed by atoms with E-state index in [0.29, 0.717) is 23.5 Å². The Morgan fingerprint density at radius 2 is 0.837 bits per heavy atom. The number of hydrogen-bond acceptors (Lipinski definition) is 5. The summed E-state index contributed by atoms with van der Waals surface area (Å²) in [7, 11) is 0. The lowest BCUT2D eigenvalue weighted by molar-refractivity contribution is 0.738. The highest BCUT2D eigenvalue weighted by molar-refractivity contribution is 5.97. The summed E-state index contributed by atoms with van der Waals surface area (Å²) in [6.45, 7) is 10.2. The molecule has 0 saturated carbocycles. The maximum atomic E-state index is 5.31. The lowest BCUT2D eigenvalue weighted by Gasteiger charge is -2.30. The minimum absolute atomic E-state index is 0.361. The van der Waals surface area contributed by atoms with E-state index in [1.54, 1.807) is 0 Å². The van der Waals surface area contributed by atoms with Crippen molar-refractivity contribution < 1.29 is 0 Å². The Labute approximate surface area is 503 Å². The molecule has 408 valence electrons. The Bertz CT molecular complexity index is 4620. The van der Waals surface area contributed by atoms with Crippen molar-refractivity contribution in [2.75, 3.05) is 10.2 Å². The smallest absolute Gasteiger partial charge is 0.238 e.